The first-order valence-corrected chi connectivity index (χ1v) is 3.87. The van der Waals surface area contributed by atoms with Gasteiger partial charge in [0.15, 0.2) is 0 Å². The lowest BCUT2D eigenvalue weighted by atomic mass is 9.62. The molecule has 0 heterocycles. The monoisotopic (exact) mass is 124 g/mol. The van der Waals surface area contributed by atoms with E-state index in [4.69, 9.17) is 0 Å². The highest BCUT2D eigenvalue weighted by Crippen LogP contribution is 2.45. The number of rotatable bonds is 1. The Balaban J connectivity index is 2.51. The lowest BCUT2D eigenvalue weighted by Gasteiger charge is -2.43. The van der Waals surface area contributed by atoms with Gasteiger partial charge in [0.05, 0.1) is 0 Å². The van der Waals surface area contributed by atoms with Crippen LogP contribution < -0.4 is 0 Å². The Labute approximate surface area is 58.0 Å². The second kappa shape index (κ2) is 2.17. The van der Waals surface area contributed by atoms with Gasteiger partial charge < -0.3 is 0 Å². The Morgan fingerprint density at radius 1 is 1.44 bits per heavy atom. The van der Waals surface area contributed by atoms with Crippen molar-refractivity contribution in [1.29, 1.82) is 0 Å². The molecule has 0 bridgehead atoms. The molecule has 1 aliphatic rings. The molecule has 0 aromatic heterocycles. The number of hydrogen-bond acceptors (Lipinski definition) is 0. The SMILES string of the molecule is C=C1C(C)C(C)C1CC. The average Bonchev–Trinajstić information content (AvgIpc) is 1.89. The van der Waals surface area contributed by atoms with Gasteiger partial charge in [-0.2, -0.15) is 0 Å². The molecule has 0 aliphatic heterocycles. The highest BCUT2D eigenvalue weighted by atomic mass is 14.4. The van der Waals surface area contributed by atoms with Crippen LogP contribution in [-0.4, -0.2) is 0 Å². The Hall–Kier alpha value is -0.260. The van der Waals surface area contributed by atoms with E-state index in [-0.39, 0.29) is 0 Å². The van der Waals surface area contributed by atoms with Gasteiger partial charge in [-0.05, 0) is 24.2 Å². The minimum absolute atomic E-state index is 0.787. The van der Waals surface area contributed by atoms with Crippen molar-refractivity contribution in [3.8, 4) is 0 Å². The molecule has 0 nitrogen and oxygen atoms in total. The molecule has 0 spiro atoms. The van der Waals surface area contributed by atoms with Crippen molar-refractivity contribution in [3.63, 3.8) is 0 Å². The summed E-state index contributed by atoms with van der Waals surface area (Å²) in [5, 5.41) is 0. The summed E-state index contributed by atoms with van der Waals surface area (Å²) in [4.78, 5) is 0. The Morgan fingerprint density at radius 2 is 2.00 bits per heavy atom. The fourth-order valence-electron chi connectivity index (χ4n) is 1.88. The zero-order valence-corrected chi connectivity index (χ0v) is 6.65. The number of allylic oxidation sites excluding steroid dienone is 1. The highest BCUT2D eigenvalue weighted by Gasteiger charge is 2.36. The standard InChI is InChI=1S/C9H16/c1-5-9-7(3)6(2)8(9)4/h6,8-9H,3,5H2,1-2,4H3. The predicted octanol–water partition coefficient (Wildman–Crippen LogP) is 2.85. The molecular weight excluding hydrogens is 108 g/mol. The van der Waals surface area contributed by atoms with Crippen molar-refractivity contribution < 1.29 is 0 Å². The molecule has 0 radical (unpaired) electrons. The molecule has 0 N–H and O–H groups in total. The zero-order valence-electron chi connectivity index (χ0n) is 6.65. The lowest BCUT2D eigenvalue weighted by Crippen LogP contribution is -2.34. The van der Waals surface area contributed by atoms with E-state index >= 15 is 0 Å². The first-order valence-electron chi connectivity index (χ1n) is 3.87. The van der Waals surface area contributed by atoms with E-state index in [1.807, 2.05) is 0 Å². The summed E-state index contributed by atoms with van der Waals surface area (Å²) in [5.41, 5.74) is 1.48. The maximum atomic E-state index is 4.04. The fourth-order valence-corrected chi connectivity index (χ4v) is 1.88. The predicted molar refractivity (Wildman–Crippen MR) is 41.2 cm³/mol. The molecule has 1 fully saturated rings. The van der Waals surface area contributed by atoms with Gasteiger partial charge in [0.2, 0.25) is 0 Å². The third kappa shape index (κ3) is 0.810. The second-order valence-electron chi connectivity index (χ2n) is 3.24. The summed E-state index contributed by atoms with van der Waals surface area (Å²) in [5.74, 6) is 2.51. The van der Waals surface area contributed by atoms with Crippen LogP contribution in [0.3, 0.4) is 0 Å². The normalized spacial score (nSPS) is 42.6. The van der Waals surface area contributed by atoms with E-state index in [2.05, 4.69) is 27.4 Å². The lowest BCUT2D eigenvalue weighted by molar-refractivity contribution is 0.203. The van der Waals surface area contributed by atoms with E-state index < -0.39 is 0 Å². The summed E-state index contributed by atoms with van der Waals surface area (Å²) in [6.45, 7) is 10.9. The molecule has 1 aliphatic carbocycles. The molecule has 1 saturated carbocycles. The molecule has 1 rings (SSSR count). The maximum absolute atomic E-state index is 4.04. The van der Waals surface area contributed by atoms with Crippen LogP contribution in [0.4, 0.5) is 0 Å². The Morgan fingerprint density at radius 3 is 2.22 bits per heavy atom. The second-order valence-corrected chi connectivity index (χ2v) is 3.24. The minimum atomic E-state index is 0.787. The van der Waals surface area contributed by atoms with Crippen molar-refractivity contribution in [1.82, 2.24) is 0 Å². The van der Waals surface area contributed by atoms with Gasteiger partial charge in [0.1, 0.15) is 0 Å². The van der Waals surface area contributed by atoms with Gasteiger partial charge in [0.25, 0.3) is 0 Å². The smallest absolute Gasteiger partial charge is 0.0174 e. The van der Waals surface area contributed by atoms with Crippen molar-refractivity contribution in [2.45, 2.75) is 27.2 Å². The Bertz CT molecular complexity index is 124. The Kier molecular flexibility index (Phi) is 1.65. The summed E-state index contributed by atoms with van der Waals surface area (Å²) in [6.07, 6.45) is 1.28. The van der Waals surface area contributed by atoms with E-state index in [1.54, 1.807) is 0 Å². The van der Waals surface area contributed by atoms with E-state index in [0.29, 0.717) is 0 Å². The van der Waals surface area contributed by atoms with Crippen LogP contribution in [0.2, 0.25) is 0 Å². The van der Waals surface area contributed by atoms with Gasteiger partial charge >= 0.3 is 0 Å². The molecule has 0 aromatic carbocycles. The van der Waals surface area contributed by atoms with E-state index in [9.17, 15) is 0 Å². The van der Waals surface area contributed by atoms with Crippen LogP contribution in [0.15, 0.2) is 12.2 Å². The first-order chi connectivity index (χ1) is 4.18. The van der Waals surface area contributed by atoms with Crippen LogP contribution in [0.1, 0.15) is 27.2 Å². The third-order valence-corrected chi connectivity index (χ3v) is 2.92. The summed E-state index contributed by atoms with van der Waals surface area (Å²) in [7, 11) is 0. The molecule has 52 valence electrons. The first kappa shape index (κ1) is 6.85. The molecule has 0 amide bonds. The van der Waals surface area contributed by atoms with Crippen LogP contribution in [0.5, 0.6) is 0 Å². The molecule has 3 atom stereocenters. The van der Waals surface area contributed by atoms with Crippen molar-refractivity contribution in [2.24, 2.45) is 17.8 Å². The molecule has 0 heteroatoms. The topological polar surface area (TPSA) is 0 Å². The largest absolute Gasteiger partial charge is 0.0993 e. The van der Waals surface area contributed by atoms with Gasteiger partial charge in [0, 0.05) is 0 Å². The maximum Gasteiger partial charge on any atom is -0.0174 e. The van der Waals surface area contributed by atoms with Crippen molar-refractivity contribution >= 4 is 0 Å². The van der Waals surface area contributed by atoms with Gasteiger partial charge in [-0.1, -0.05) is 32.9 Å². The van der Waals surface area contributed by atoms with E-state index in [1.165, 1.54) is 12.0 Å². The van der Waals surface area contributed by atoms with Crippen LogP contribution in [0, 0.1) is 17.8 Å². The molecule has 0 aromatic rings. The molecule has 0 saturated heterocycles. The highest BCUT2D eigenvalue weighted by molar-refractivity contribution is 5.17. The van der Waals surface area contributed by atoms with Crippen LogP contribution in [0.25, 0.3) is 0 Å². The quantitative estimate of drug-likeness (QED) is 0.471. The average molecular weight is 124 g/mol. The van der Waals surface area contributed by atoms with Gasteiger partial charge in [-0.25, -0.2) is 0 Å². The molecule has 9 heavy (non-hydrogen) atoms. The molecule has 3 unspecified atom stereocenters. The zero-order chi connectivity index (χ0) is 7.02. The summed E-state index contributed by atoms with van der Waals surface area (Å²) in [6, 6.07) is 0. The summed E-state index contributed by atoms with van der Waals surface area (Å²) < 4.78 is 0. The number of hydrogen-bond donors (Lipinski definition) is 0. The van der Waals surface area contributed by atoms with Crippen molar-refractivity contribution in [3.05, 3.63) is 12.2 Å². The van der Waals surface area contributed by atoms with Crippen molar-refractivity contribution in [2.75, 3.05) is 0 Å². The minimum Gasteiger partial charge on any atom is -0.0993 e. The van der Waals surface area contributed by atoms with Gasteiger partial charge in [-0.15, -0.1) is 0 Å². The fraction of sp³-hybridized carbons (Fsp3) is 0.778. The third-order valence-electron chi connectivity index (χ3n) is 2.92. The molecular formula is C9H16. The van der Waals surface area contributed by atoms with E-state index in [0.717, 1.165) is 17.8 Å². The van der Waals surface area contributed by atoms with Gasteiger partial charge in [-0.3, -0.25) is 0 Å². The van der Waals surface area contributed by atoms with Crippen LogP contribution >= 0.6 is 0 Å². The van der Waals surface area contributed by atoms with Crippen LogP contribution in [-0.2, 0) is 0 Å². The summed E-state index contributed by atoms with van der Waals surface area (Å²) >= 11 is 0.